The minimum Gasteiger partial charge on any atom is -0.466 e. The molecule has 22 heavy (non-hydrogen) atoms. The fraction of sp³-hybridized carbons (Fsp3) is 0.714. The molecule has 0 N–H and O–H groups in total. The third-order valence-electron chi connectivity index (χ3n) is 1.80. The Morgan fingerprint density at radius 2 is 0.682 bits per heavy atom. The average Bonchev–Trinajstić information content (AvgIpc) is 2.40. The van der Waals surface area contributed by atoms with Gasteiger partial charge in [-0.3, -0.25) is 19.2 Å². The molecule has 0 aliphatic heterocycles. The molecule has 0 aliphatic carbocycles. The van der Waals surface area contributed by atoms with Gasteiger partial charge in [0.05, 0.1) is 26.4 Å². The van der Waals surface area contributed by atoms with Gasteiger partial charge in [-0.05, 0) is 27.7 Å². The van der Waals surface area contributed by atoms with Gasteiger partial charge < -0.3 is 18.9 Å². The second kappa shape index (κ2) is 15.3. The Labute approximate surface area is 130 Å². The molecule has 0 aromatic carbocycles. The van der Waals surface area contributed by atoms with Gasteiger partial charge in [0.25, 0.3) is 0 Å². The second-order valence-corrected chi connectivity index (χ2v) is 3.57. The van der Waals surface area contributed by atoms with Crippen LogP contribution in [0.5, 0.6) is 0 Å². The van der Waals surface area contributed by atoms with E-state index in [1.165, 1.54) is 0 Å². The maximum atomic E-state index is 10.6. The molecule has 0 amide bonds. The molecule has 128 valence electrons. The molecule has 0 heterocycles. The minimum absolute atomic E-state index is 0.290. The topological polar surface area (TPSA) is 105 Å². The lowest BCUT2D eigenvalue weighted by atomic mass is 10.4. The molecule has 0 atom stereocenters. The first kappa shape index (κ1) is 22.2. The predicted octanol–water partition coefficient (Wildman–Crippen LogP) is 1.01. The number of esters is 4. The quantitative estimate of drug-likeness (QED) is 0.370. The van der Waals surface area contributed by atoms with Crippen LogP contribution in [-0.4, -0.2) is 50.3 Å². The molecule has 0 saturated heterocycles. The summed E-state index contributed by atoms with van der Waals surface area (Å²) < 4.78 is 18.1. The van der Waals surface area contributed by atoms with Gasteiger partial charge >= 0.3 is 23.9 Å². The Bertz CT molecular complexity index is 285. The molecule has 0 saturated carbocycles. The number of hydrogen-bond donors (Lipinski definition) is 0. The Morgan fingerprint density at radius 1 is 0.500 bits per heavy atom. The largest absolute Gasteiger partial charge is 0.466 e. The highest BCUT2D eigenvalue weighted by Gasteiger charge is 2.10. The lowest BCUT2D eigenvalue weighted by Crippen LogP contribution is -2.13. The zero-order valence-electron chi connectivity index (χ0n) is 13.5. The summed E-state index contributed by atoms with van der Waals surface area (Å²) in [5.41, 5.74) is 0. The van der Waals surface area contributed by atoms with Gasteiger partial charge in [0.1, 0.15) is 12.8 Å². The van der Waals surface area contributed by atoms with E-state index < -0.39 is 23.9 Å². The standard InChI is InChI=1S/2C7H12O4/c2*1-3-10-6(8)5-7(9)11-4-2/h2*3-5H2,1-2H3. The highest BCUT2D eigenvalue weighted by Crippen LogP contribution is 1.90. The van der Waals surface area contributed by atoms with E-state index in [2.05, 4.69) is 18.9 Å². The van der Waals surface area contributed by atoms with Crippen LogP contribution in [-0.2, 0) is 38.1 Å². The number of rotatable bonds is 8. The second-order valence-electron chi connectivity index (χ2n) is 3.57. The first-order chi connectivity index (χ1) is 10.4. The van der Waals surface area contributed by atoms with E-state index in [0.717, 1.165) is 0 Å². The van der Waals surface area contributed by atoms with Crippen LogP contribution in [0.25, 0.3) is 0 Å². The van der Waals surface area contributed by atoms with E-state index >= 15 is 0 Å². The van der Waals surface area contributed by atoms with Crippen LogP contribution in [0.2, 0.25) is 0 Å². The summed E-state index contributed by atoms with van der Waals surface area (Å²) in [6.07, 6.45) is -0.580. The van der Waals surface area contributed by atoms with Gasteiger partial charge in [0, 0.05) is 0 Å². The maximum Gasteiger partial charge on any atom is 0.317 e. The summed E-state index contributed by atoms with van der Waals surface area (Å²) >= 11 is 0. The van der Waals surface area contributed by atoms with Crippen molar-refractivity contribution < 1.29 is 38.1 Å². The number of hydrogen-bond acceptors (Lipinski definition) is 8. The summed E-state index contributed by atoms with van der Waals surface area (Å²) in [5.74, 6) is -2.14. The highest BCUT2D eigenvalue weighted by atomic mass is 16.6. The van der Waals surface area contributed by atoms with Crippen LogP contribution in [0.3, 0.4) is 0 Å². The molecule has 0 spiro atoms. The normalized spacial score (nSPS) is 8.91. The molecule has 0 unspecified atom stereocenters. The fourth-order valence-electron chi connectivity index (χ4n) is 1.08. The van der Waals surface area contributed by atoms with Crippen molar-refractivity contribution in [3.8, 4) is 0 Å². The van der Waals surface area contributed by atoms with E-state index in [-0.39, 0.29) is 39.3 Å². The van der Waals surface area contributed by atoms with Gasteiger partial charge in [-0.25, -0.2) is 0 Å². The zero-order valence-corrected chi connectivity index (χ0v) is 13.5. The van der Waals surface area contributed by atoms with Crippen LogP contribution in [0.15, 0.2) is 0 Å². The molecule has 0 rings (SSSR count). The van der Waals surface area contributed by atoms with E-state index in [9.17, 15) is 19.2 Å². The van der Waals surface area contributed by atoms with Crippen molar-refractivity contribution in [3.05, 3.63) is 0 Å². The van der Waals surface area contributed by atoms with Crippen molar-refractivity contribution in [1.29, 1.82) is 0 Å². The van der Waals surface area contributed by atoms with Crippen molar-refractivity contribution in [1.82, 2.24) is 0 Å². The SMILES string of the molecule is CCOC(=O)CC(=O)OCC.CCOC(=O)CC(=O)OCC. The molecule has 0 aromatic rings. The van der Waals surface area contributed by atoms with Crippen LogP contribution >= 0.6 is 0 Å². The van der Waals surface area contributed by atoms with Gasteiger partial charge in [-0.1, -0.05) is 0 Å². The number of carbonyl (C=O) groups is 4. The predicted molar refractivity (Wildman–Crippen MR) is 75.8 cm³/mol. The van der Waals surface area contributed by atoms with E-state index in [1.54, 1.807) is 27.7 Å². The lowest BCUT2D eigenvalue weighted by molar-refractivity contribution is -0.155. The third kappa shape index (κ3) is 15.9. The first-order valence-corrected chi connectivity index (χ1v) is 7.03. The third-order valence-corrected chi connectivity index (χ3v) is 1.80. The fourth-order valence-corrected chi connectivity index (χ4v) is 1.08. The maximum absolute atomic E-state index is 10.6. The van der Waals surface area contributed by atoms with E-state index in [0.29, 0.717) is 0 Å². The molecular formula is C14H24O8. The first-order valence-electron chi connectivity index (χ1n) is 7.03. The molecule has 0 fully saturated rings. The molecule has 0 radical (unpaired) electrons. The summed E-state index contributed by atoms with van der Waals surface area (Å²) in [7, 11) is 0. The Kier molecular flexibility index (Phi) is 15.4. The minimum atomic E-state index is -0.536. The Balaban J connectivity index is 0. The summed E-state index contributed by atoms with van der Waals surface area (Å²) in [4.78, 5) is 42.4. The monoisotopic (exact) mass is 320 g/mol. The van der Waals surface area contributed by atoms with Crippen LogP contribution in [0.4, 0.5) is 0 Å². The van der Waals surface area contributed by atoms with Crippen molar-refractivity contribution >= 4 is 23.9 Å². The van der Waals surface area contributed by atoms with Crippen LogP contribution in [0, 0.1) is 0 Å². The lowest BCUT2D eigenvalue weighted by Gasteiger charge is -2.00. The molecule has 0 aliphatic rings. The Morgan fingerprint density at radius 3 is 0.818 bits per heavy atom. The smallest absolute Gasteiger partial charge is 0.317 e. The molecule has 8 heteroatoms. The van der Waals surface area contributed by atoms with Crippen molar-refractivity contribution in [2.24, 2.45) is 0 Å². The number of ether oxygens (including phenoxy) is 4. The molecule has 0 bridgehead atoms. The van der Waals surface area contributed by atoms with E-state index in [1.807, 2.05) is 0 Å². The average molecular weight is 320 g/mol. The van der Waals surface area contributed by atoms with Crippen molar-refractivity contribution in [2.45, 2.75) is 40.5 Å². The highest BCUT2D eigenvalue weighted by molar-refractivity contribution is 5.91. The summed E-state index contributed by atoms with van der Waals surface area (Å²) in [6.45, 7) is 7.89. The van der Waals surface area contributed by atoms with Crippen molar-refractivity contribution in [3.63, 3.8) is 0 Å². The van der Waals surface area contributed by atoms with Gasteiger partial charge in [-0.15, -0.1) is 0 Å². The number of carbonyl (C=O) groups excluding carboxylic acids is 4. The molecule has 0 aromatic heterocycles. The molecular weight excluding hydrogens is 296 g/mol. The van der Waals surface area contributed by atoms with E-state index in [4.69, 9.17) is 0 Å². The van der Waals surface area contributed by atoms with Gasteiger partial charge in [0.15, 0.2) is 0 Å². The molecule has 8 nitrogen and oxygen atoms in total. The van der Waals surface area contributed by atoms with Gasteiger partial charge in [0.2, 0.25) is 0 Å². The summed E-state index contributed by atoms with van der Waals surface area (Å²) in [6, 6.07) is 0. The zero-order chi connectivity index (χ0) is 17.4. The summed E-state index contributed by atoms with van der Waals surface area (Å²) in [5, 5.41) is 0. The van der Waals surface area contributed by atoms with Gasteiger partial charge in [-0.2, -0.15) is 0 Å². The van der Waals surface area contributed by atoms with Crippen LogP contribution < -0.4 is 0 Å². The van der Waals surface area contributed by atoms with Crippen molar-refractivity contribution in [2.75, 3.05) is 26.4 Å². The Hall–Kier alpha value is -2.12. The van der Waals surface area contributed by atoms with Crippen LogP contribution in [0.1, 0.15) is 40.5 Å².